The summed E-state index contributed by atoms with van der Waals surface area (Å²) in [5.74, 6) is 0. The van der Waals surface area contributed by atoms with Crippen molar-refractivity contribution in [2.75, 3.05) is 37.6 Å². The Morgan fingerprint density at radius 1 is 1.12 bits per heavy atom. The molecule has 1 fully saturated rings. The predicted molar refractivity (Wildman–Crippen MR) is 98.4 cm³/mol. The van der Waals surface area contributed by atoms with E-state index in [1.54, 1.807) is 23.1 Å². The minimum absolute atomic E-state index is 0.0304. The standard InChI is InChI=1S/C18H22ClN5O/c19-15-13-20-5-4-17(15)23-9-6-22(7-10-23)8-11-24-18(25)12-14-2-1-3-16(14)21-24/h4-5,12-13H,1-3,6-11H2. The molecule has 0 aromatic carbocycles. The molecule has 0 saturated carbocycles. The van der Waals surface area contributed by atoms with Crippen molar-refractivity contribution >= 4 is 17.3 Å². The van der Waals surface area contributed by atoms with Gasteiger partial charge in [0.05, 0.1) is 22.9 Å². The van der Waals surface area contributed by atoms with E-state index in [2.05, 4.69) is 19.9 Å². The number of rotatable bonds is 4. The summed E-state index contributed by atoms with van der Waals surface area (Å²) in [5, 5.41) is 5.25. The Balaban J connectivity index is 1.34. The molecule has 1 aliphatic heterocycles. The van der Waals surface area contributed by atoms with Gasteiger partial charge in [-0.1, -0.05) is 11.6 Å². The minimum Gasteiger partial charge on any atom is -0.368 e. The van der Waals surface area contributed by atoms with Crippen molar-refractivity contribution in [3.63, 3.8) is 0 Å². The zero-order valence-electron chi connectivity index (χ0n) is 14.2. The van der Waals surface area contributed by atoms with Crippen molar-refractivity contribution in [3.8, 4) is 0 Å². The maximum Gasteiger partial charge on any atom is 0.267 e. The summed E-state index contributed by atoms with van der Waals surface area (Å²) in [5.41, 5.74) is 3.33. The molecule has 0 radical (unpaired) electrons. The van der Waals surface area contributed by atoms with Gasteiger partial charge >= 0.3 is 0 Å². The number of aryl methyl sites for hydroxylation is 2. The van der Waals surface area contributed by atoms with E-state index in [0.717, 1.165) is 68.9 Å². The van der Waals surface area contributed by atoms with Crippen LogP contribution in [0.5, 0.6) is 0 Å². The van der Waals surface area contributed by atoms with Gasteiger partial charge in [0.25, 0.3) is 5.56 Å². The van der Waals surface area contributed by atoms with Gasteiger partial charge in [-0.15, -0.1) is 0 Å². The van der Waals surface area contributed by atoms with Gasteiger partial charge in [0.2, 0.25) is 0 Å². The smallest absolute Gasteiger partial charge is 0.267 e. The number of piperazine rings is 1. The van der Waals surface area contributed by atoms with Crippen LogP contribution in [0.2, 0.25) is 5.02 Å². The number of anilines is 1. The number of nitrogens with zero attached hydrogens (tertiary/aromatic N) is 5. The molecule has 0 bridgehead atoms. The molecule has 0 spiro atoms. The first-order chi connectivity index (χ1) is 12.2. The summed E-state index contributed by atoms with van der Waals surface area (Å²) in [6.07, 6.45) is 6.58. The average molecular weight is 360 g/mol. The Kier molecular flexibility index (Phi) is 4.72. The largest absolute Gasteiger partial charge is 0.368 e. The van der Waals surface area contributed by atoms with Gasteiger partial charge in [0.1, 0.15) is 0 Å². The lowest BCUT2D eigenvalue weighted by molar-refractivity contribution is 0.242. The van der Waals surface area contributed by atoms with Crippen LogP contribution >= 0.6 is 11.6 Å². The second-order valence-electron chi connectivity index (χ2n) is 6.69. The molecule has 7 heteroatoms. The van der Waals surface area contributed by atoms with Crippen molar-refractivity contribution in [3.05, 3.63) is 51.2 Å². The first-order valence-electron chi connectivity index (χ1n) is 8.87. The highest BCUT2D eigenvalue weighted by Crippen LogP contribution is 2.25. The molecule has 0 N–H and O–H groups in total. The van der Waals surface area contributed by atoms with Gasteiger partial charge < -0.3 is 4.90 Å². The van der Waals surface area contributed by atoms with Crippen LogP contribution < -0.4 is 10.5 Å². The second kappa shape index (κ2) is 7.14. The molecule has 0 amide bonds. The van der Waals surface area contributed by atoms with Crippen LogP contribution in [0, 0.1) is 0 Å². The first-order valence-corrected chi connectivity index (χ1v) is 9.25. The molecule has 6 nitrogen and oxygen atoms in total. The molecule has 0 atom stereocenters. The van der Waals surface area contributed by atoms with Crippen LogP contribution in [0.15, 0.2) is 29.3 Å². The molecule has 1 saturated heterocycles. The Hall–Kier alpha value is -1.92. The van der Waals surface area contributed by atoms with Crippen molar-refractivity contribution in [1.29, 1.82) is 0 Å². The van der Waals surface area contributed by atoms with E-state index in [-0.39, 0.29) is 5.56 Å². The average Bonchev–Trinajstić information content (AvgIpc) is 3.08. The summed E-state index contributed by atoms with van der Waals surface area (Å²) < 4.78 is 1.64. The molecule has 1 aliphatic carbocycles. The highest BCUT2D eigenvalue weighted by Gasteiger charge is 2.19. The predicted octanol–water partition coefficient (Wildman–Crippen LogP) is 1.60. The van der Waals surface area contributed by atoms with Gasteiger partial charge in [0, 0.05) is 51.2 Å². The first kappa shape index (κ1) is 16.5. The quantitative estimate of drug-likeness (QED) is 0.830. The zero-order chi connectivity index (χ0) is 17.2. The molecule has 2 aromatic heterocycles. The van der Waals surface area contributed by atoms with Crippen molar-refractivity contribution < 1.29 is 0 Å². The lowest BCUT2D eigenvalue weighted by Crippen LogP contribution is -2.47. The fraction of sp³-hybridized carbons (Fsp3) is 0.500. The van der Waals surface area contributed by atoms with Gasteiger partial charge in [-0.3, -0.25) is 14.7 Å². The molecule has 132 valence electrons. The fourth-order valence-electron chi connectivity index (χ4n) is 3.67. The summed E-state index contributed by atoms with van der Waals surface area (Å²) in [6.45, 7) is 5.27. The molecule has 4 rings (SSSR count). The van der Waals surface area contributed by atoms with Gasteiger partial charge in [-0.25, -0.2) is 4.68 Å². The number of halogens is 1. The summed E-state index contributed by atoms with van der Waals surface area (Å²) in [7, 11) is 0. The lowest BCUT2D eigenvalue weighted by atomic mass is 10.2. The van der Waals surface area contributed by atoms with E-state index in [4.69, 9.17) is 11.6 Å². The van der Waals surface area contributed by atoms with Gasteiger partial charge in [-0.05, 0) is 30.9 Å². The molecular formula is C18H22ClN5O. The number of fused-ring (bicyclic) bond motifs is 1. The Morgan fingerprint density at radius 2 is 1.96 bits per heavy atom. The zero-order valence-corrected chi connectivity index (χ0v) is 15.0. The van der Waals surface area contributed by atoms with Gasteiger partial charge in [0.15, 0.2) is 0 Å². The monoisotopic (exact) mass is 359 g/mol. The van der Waals surface area contributed by atoms with Crippen molar-refractivity contribution in [2.45, 2.75) is 25.8 Å². The Morgan fingerprint density at radius 3 is 2.76 bits per heavy atom. The van der Waals surface area contributed by atoms with Gasteiger partial charge in [-0.2, -0.15) is 5.10 Å². The van der Waals surface area contributed by atoms with E-state index >= 15 is 0 Å². The van der Waals surface area contributed by atoms with Crippen LogP contribution in [-0.2, 0) is 19.4 Å². The maximum atomic E-state index is 12.2. The third kappa shape index (κ3) is 3.55. The molecule has 25 heavy (non-hydrogen) atoms. The third-order valence-corrected chi connectivity index (χ3v) is 5.41. The highest BCUT2D eigenvalue weighted by molar-refractivity contribution is 6.33. The van der Waals surface area contributed by atoms with Crippen LogP contribution in [0.1, 0.15) is 17.7 Å². The number of hydrogen-bond donors (Lipinski definition) is 0. The molecular weight excluding hydrogens is 338 g/mol. The normalized spacial score (nSPS) is 17.7. The summed E-state index contributed by atoms with van der Waals surface area (Å²) in [6, 6.07) is 3.74. The number of pyridine rings is 1. The van der Waals surface area contributed by atoms with E-state index in [1.165, 1.54) is 0 Å². The topological polar surface area (TPSA) is 54.3 Å². The van der Waals surface area contributed by atoms with Crippen molar-refractivity contribution in [1.82, 2.24) is 19.7 Å². The number of hydrogen-bond acceptors (Lipinski definition) is 5. The Bertz CT molecular complexity index is 813. The van der Waals surface area contributed by atoms with E-state index in [1.807, 2.05) is 6.07 Å². The van der Waals surface area contributed by atoms with Crippen LogP contribution in [0.25, 0.3) is 0 Å². The Labute approximate surface area is 152 Å². The van der Waals surface area contributed by atoms with Crippen molar-refractivity contribution in [2.24, 2.45) is 0 Å². The third-order valence-electron chi connectivity index (χ3n) is 5.12. The minimum atomic E-state index is 0.0304. The second-order valence-corrected chi connectivity index (χ2v) is 7.09. The lowest BCUT2D eigenvalue weighted by Gasteiger charge is -2.36. The molecule has 2 aliphatic rings. The molecule has 2 aromatic rings. The summed E-state index contributed by atoms with van der Waals surface area (Å²) >= 11 is 6.23. The summed E-state index contributed by atoms with van der Waals surface area (Å²) in [4.78, 5) is 20.9. The van der Waals surface area contributed by atoms with E-state index in [0.29, 0.717) is 11.6 Å². The van der Waals surface area contributed by atoms with Crippen LogP contribution in [0.3, 0.4) is 0 Å². The number of aromatic nitrogens is 3. The van der Waals surface area contributed by atoms with Crippen LogP contribution in [0.4, 0.5) is 5.69 Å². The molecule has 0 unspecified atom stereocenters. The van der Waals surface area contributed by atoms with E-state index in [9.17, 15) is 4.79 Å². The maximum absolute atomic E-state index is 12.2. The van der Waals surface area contributed by atoms with Crippen LogP contribution in [-0.4, -0.2) is 52.4 Å². The van der Waals surface area contributed by atoms with E-state index < -0.39 is 0 Å². The SMILES string of the molecule is O=c1cc2c(nn1CCN1CCN(c3ccncc3Cl)CC1)CCC2. The highest BCUT2D eigenvalue weighted by atomic mass is 35.5. The molecule has 3 heterocycles. The fourth-order valence-corrected chi connectivity index (χ4v) is 3.91.